The van der Waals surface area contributed by atoms with Crippen molar-refractivity contribution in [2.45, 2.75) is 52.4 Å². The monoisotopic (exact) mass is 286 g/mol. The van der Waals surface area contributed by atoms with E-state index in [4.69, 9.17) is 4.55 Å². The normalized spacial score (nSPS) is 14.2. The van der Waals surface area contributed by atoms with Crippen LogP contribution in [-0.4, -0.2) is 26.2 Å². The van der Waals surface area contributed by atoms with Crippen LogP contribution in [0.1, 0.15) is 52.4 Å². The minimum Gasteiger partial charge on any atom is -0.264 e. The Morgan fingerprint density at radius 3 is 2.00 bits per heavy atom. The van der Waals surface area contributed by atoms with Crippen LogP contribution in [0, 0.1) is 5.92 Å². The summed E-state index contributed by atoms with van der Waals surface area (Å²) in [6.45, 7) is 5.62. The first-order chi connectivity index (χ1) is 7.99. The Morgan fingerprint density at radius 1 is 1.24 bits per heavy atom. The molecule has 0 aromatic heterocycles. The molecule has 1 unspecified atom stereocenters. The van der Waals surface area contributed by atoms with Gasteiger partial charge in [0.05, 0.1) is 6.61 Å². The zero-order valence-corrected chi connectivity index (χ0v) is 13.2. The third-order valence-corrected chi connectivity index (χ3v) is 2.71. The predicted molar refractivity (Wildman–Crippen MR) is 75.7 cm³/mol. The summed E-state index contributed by atoms with van der Waals surface area (Å²) in [6.07, 6.45) is 8.91. The summed E-state index contributed by atoms with van der Waals surface area (Å²) in [6, 6.07) is 0. The predicted octanol–water partition coefficient (Wildman–Crippen LogP) is 3.29. The second-order valence-corrected chi connectivity index (χ2v) is 4.86. The van der Waals surface area contributed by atoms with Crippen molar-refractivity contribution >= 4 is 19.6 Å². The molecule has 0 heterocycles. The molecule has 6 heteroatoms. The maximum absolute atomic E-state index is 9.56. The molecule has 1 rings (SSSR count). The molecule has 0 bridgehead atoms. The van der Waals surface area contributed by atoms with Crippen molar-refractivity contribution in [1.29, 1.82) is 0 Å². The number of unbranched alkanes of at least 4 members (excludes halogenated alkanes) is 2. The third kappa shape index (κ3) is 22.0. The van der Waals surface area contributed by atoms with E-state index in [1.807, 2.05) is 6.66 Å². The third-order valence-electron chi connectivity index (χ3n) is 2.18. The summed E-state index contributed by atoms with van der Waals surface area (Å²) in [4.78, 5) is 0. The second-order valence-electron chi connectivity index (χ2n) is 3.77. The van der Waals surface area contributed by atoms with Crippen LogP contribution < -0.4 is 0 Å². The van der Waals surface area contributed by atoms with Gasteiger partial charge >= 0.3 is 10.4 Å². The first kappa shape index (κ1) is 19.6. The highest BCUT2D eigenvalue weighted by Gasteiger charge is 2.19. The molecular formula is C11H27O4PS. The lowest BCUT2D eigenvalue weighted by Gasteiger charge is -1.92. The molecule has 1 aliphatic carbocycles. The summed E-state index contributed by atoms with van der Waals surface area (Å²) < 4.78 is 30.7. The molecule has 4 nitrogen and oxygen atoms in total. The molecule has 0 saturated heterocycles. The smallest absolute Gasteiger partial charge is 0.264 e. The number of rotatable bonds is 6. The zero-order valence-electron chi connectivity index (χ0n) is 11.2. The van der Waals surface area contributed by atoms with Crippen LogP contribution in [0.4, 0.5) is 0 Å². The number of hydrogen-bond acceptors (Lipinski definition) is 3. The molecule has 1 saturated carbocycles. The van der Waals surface area contributed by atoms with Crippen molar-refractivity contribution in [2.24, 2.45) is 5.92 Å². The van der Waals surface area contributed by atoms with Crippen molar-refractivity contribution in [3.05, 3.63) is 0 Å². The van der Waals surface area contributed by atoms with E-state index in [0.29, 0.717) is 0 Å². The SMILES string of the molecule is CCCCCC1CC1.CCOS(=O)(=O)O.CP. The van der Waals surface area contributed by atoms with Gasteiger partial charge in [0.25, 0.3) is 0 Å². The lowest BCUT2D eigenvalue weighted by molar-refractivity contribution is 0.283. The Bertz CT molecular complexity index is 238. The standard InChI is InChI=1S/C8H16.C2H6O4S.CH5P/c1-2-3-4-5-8-6-7-8;1-2-6-7(3,4)5;1-2/h8H,2-7H2,1H3;2H2,1H3,(H,3,4,5);2H2,1H3. The van der Waals surface area contributed by atoms with Gasteiger partial charge in [-0.05, 0) is 12.8 Å². The molecule has 0 aromatic rings. The Hall–Kier alpha value is 0.300. The maximum Gasteiger partial charge on any atom is 0.397 e. The van der Waals surface area contributed by atoms with Crippen LogP contribution in [0.25, 0.3) is 0 Å². The van der Waals surface area contributed by atoms with E-state index in [1.54, 1.807) is 0 Å². The summed E-state index contributed by atoms with van der Waals surface area (Å²) in [5.74, 6) is 1.15. The minimum atomic E-state index is -4.17. The Balaban J connectivity index is 0. The lowest BCUT2D eigenvalue weighted by atomic mass is 10.1. The Labute approximate surface area is 109 Å². The van der Waals surface area contributed by atoms with Crippen LogP contribution in [0.5, 0.6) is 0 Å². The fraction of sp³-hybridized carbons (Fsp3) is 1.00. The molecule has 106 valence electrons. The van der Waals surface area contributed by atoms with Gasteiger partial charge in [-0.2, -0.15) is 8.42 Å². The van der Waals surface area contributed by atoms with Crippen molar-refractivity contribution < 1.29 is 17.2 Å². The number of hydrogen-bond donors (Lipinski definition) is 1. The summed E-state index contributed by atoms with van der Waals surface area (Å²) in [5, 5.41) is 0. The van der Waals surface area contributed by atoms with Crippen molar-refractivity contribution in [2.75, 3.05) is 13.3 Å². The first-order valence-electron chi connectivity index (χ1n) is 6.19. The van der Waals surface area contributed by atoms with Crippen molar-refractivity contribution in [3.63, 3.8) is 0 Å². The molecule has 0 aliphatic heterocycles. The van der Waals surface area contributed by atoms with Gasteiger partial charge in [-0.25, -0.2) is 4.18 Å². The Morgan fingerprint density at radius 2 is 1.76 bits per heavy atom. The average molecular weight is 286 g/mol. The van der Waals surface area contributed by atoms with Gasteiger partial charge in [-0.15, -0.1) is 9.24 Å². The highest BCUT2D eigenvalue weighted by molar-refractivity contribution is 7.80. The zero-order chi connectivity index (χ0) is 13.7. The highest BCUT2D eigenvalue weighted by Crippen LogP contribution is 2.33. The van der Waals surface area contributed by atoms with Crippen LogP contribution in [0.2, 0.25) is 0 Å². The summed E-state index contributed by atoms with van der Waals surface area (Å²) in [5.41, 5.74) is 0. The van der Waals surface area contributed by atoms with Gasteiger partial charge in [0.2, 0.25) is 0 Å². The van der Waals surface area contributed by atoms with Gasteiger partial charge in [0, 0.05) is 0 Å². The van der Waals surface area contributed by atoms with Gasteiger partial charge < -0.3 is 0 Å². The van der Waals surface area contributed by atoms with Crippen molar-refractivity contribution in [3.8, 4) is 0 Å². The fourth-order valence-corrected chi connectivity index (χ4v) is 1.54. The van der Waals surface area contributed by atoms with Crippen LogP contribution >= 0.6 is 9.24 Å². The molecule has 0 spiro atoms. The van der Waals surface area contributed by atoms with E-state index >= 15 is 0 Å². The van der Waals surface area contributed by atoms with E-state index in [9.17, 15) is 8.42 Å². The average Bonchev–Trinajstić information content (AvgIpc) is 3.04. The van der Waals surface area contributed by atoms with E-state index in [0.717, 1.165) is 5.92 Å². The van der Waals surface area contributed by atoms with Gasteiger partial charge in [0.1, 0.15) is 0 Å². The maximum atomic E-state index is 9.56. The molecule has 0 amide bonds. The van der Waals surface area contributed by atoms with E-state index in [2.05, 4.69) is 20.3 Å². The first-order valence-corrected chi connectivity index (χ1v) is 8.71. The minimum absolute atomic E-state index is 0.0289. The second kappa shape index (κ2) is 12.7. The topological polar surface area (TPSA) is 63.6 Å². The van der Waals surface area contributed by atoms with Crippen LogP contribution in [0.15, 0.2) is 0 Å². The largest absolute Gasteiger partial charge is 0.397 e. The molecule has 1 fully saturated rings. The van der Waals surface area contributed by atoms with E-state index < -0.39 is 10.4 Å². The molecule has 1 N–H and O–H groups in total. The molecular weight excluding hydrogens is 259 g/mol. The quantitative estimate of drug-likeness (QED) is 0.462. The molecule has 1 aliphatic rings. The van der Waals surface area contributed by atoms with Crippen LogP contribution in [-0.2, 0) is 14.6 Å². The van der Waals surface area contributed by atoms with E-state index in [1.165, 1.54) is 45.4 Å². The van der Waals surface area contributed by atoms with Gasteiger partial charge in [0.15, 0.2) is 0 Å². The molecule has 1 atom stereocenters. The Kier molecular flexibility index (Phi) is 14.7. The van der Waals surface area contributed by atoms with Crippen LogP contribution in [0.3, 0.4) is 0 Å². The molecule has 0 aromatic carbocycles. The molecule has 0 radical (unpaired) electrons. The van der Waals surface area contributed by atoms with E-state index in [-0.39, 0.29) is 6.61 Å². The summed E-state index contributed by atoms with van der Waals surface area (Å²) in [7, 11) is -1.76. The fourth-order valence-electron chi connectivity index (χ4n) is 1.24. The van der Waals surface area contributed by atoms with Gasteiger partial charge in [-0.1, -0.05) is 52.1 Å². The lowest BCUT2D eigenvalue weighted by Crippen LogP contribution is -2.01. The summed E-state index contributed by atoms with van der Waals surface area (Å²) >= 11 is 0. The highest BCUT2D eigenvalue weighted by atomic mass is 32.3. The van der Waals surface area contributed by atoms with Crippen molar-refractivity contribution in [1.82, 2.24) is 0 Å². The molecule has 17 heavy (non-hydrogen) atoms. The van der Waals surface area contributed by atoms with Gasteiger partial charge in [-0.3, -0.25) is 4.55 Å².